The van der Waals surface area contributed by atoms with E-state index in [1.807, 2.05) is 50.2 Å². The van der Waals surface area contributed by atoms with Crippen molar-refractivity contribution in [2.75, 3.05) is 5.32 Å². The van der Waals surface area contributed by atoms with E-state index in [1.54, 1.807) is 24.4 Å². The molecule has 4 heterocycles. The fraction of sp³-hybridized carbons (Fsp3) is 0.265. The number of amides is 1. The van der Waals surface area contributed by atoms with Crippen molar-refractivity contribution >= 4 is 17.6 Å². The molecule has 2 N–H and O–H groups in total. The monoisotopic (exact) mass is 713 g/mol. The van der Waals surface area contributed by atoms with Gasteiger partial charge in [-0.3, -0.25) is 19.1 Å². The maximum absolute atomic E-state index is 13.7. The van der Waals surface area contributed by atoms with Gasteiger partial charge in [0.2, 0.25) is 5.91 Å². The third kappa shape index (κ3) is 8.48. The van der Waals surface area contributed by atoms with Gasteiger partial charge >= 0.3 is 18.3 Å². The first-order chi connectivity index (χ1) is 24.0. The molecule has 2 atom stereocenters. The summed E-state index contributed by atoms with van der Waals surface area (Å²) in [5.41, 5.74) is 3.41. The van der Waals surface area contributed by atoms with Gasteiger partial charge in [-0.1, -0.05) is 48.4 Å². The van der Waals surface area contributed by atoms with E-state index >= 15 is 0 Å². The molecular weight excluding hydrogens is 684 g/mol. The van der Waals surface area contributed by atoms with Gasteiger partial charge in [-0.15, -0.1) is 5.10 Å². The third-order valence-electron chi connectivity index (χ3n) is 8.05. The van der Waals surface area contributed by atoms with Crippen molar-refractivity contribution in [1.82, 2.24) is 29.5 Å². The van der Waals surface area contributed by atoms with Gasteiger partial charge in [-0.25, -0.2) is 14.5 Å². The van der Waals surface area contributed by atoms with Crippen LogP contribution in [0.2, 0.25) is 0 Å². The number of rotatable bonds is 3. The zero-order valence-electron chi connectivity index (χ0n) is 26.9. The lowest BCUT2D eigenvalue weighted by atomic mass is 9.95. The van der Waals surface area contributed by atoms with Gasteiger partial charge in [0.05, 0.1) is 35.6 Å². The molecule has 0 unspecified atom stereocenters. The van der Waals surface area contributed by atoms with Crippen LogP contribution in [0.3, 0.4) is 0 Å². The maximum atomic E-state index is 13.7. The standard InChI is InChI=1S/C32H28F3N7O2.C2HF3O2/c1-19-10-11-27(42-17-29(39-40-42)32(33,34)35)23(14-19)25-16-30(43)41(18-37-25)28-9-5-6-20(2)31(44)38-24-8-4-3-7-22(24)21-12-13-36-26(28)15-21;3-2(4,5)1(6)7/h3-4,7-8,10-18,20,28H,5-6,9H2,1-2H3,(H,38,44);(H,6,7)/t20-,28+;/m1./s1. The van der Waals surface area contributed by atoms with Crippen molar-refractivity contribution in [2.45, 2.75) is 51.5 Å². The number of carboxylic acid groups (broad SMARTS) is 1. The molecule has 0 spiro atoms. The van der Waals surface area contributed by atoms with E-state index in [9.17, 15) is 35.9 Å². The van der Waals surface area contributed by atoms with E-state index in [0.717, 1.165) is 27.6 Å². The van der Waals surface area contributed by atoms with E-state index < -0.39 is 30.1 Å². The predicted octanol–water partition coefficient (Wildman–Crippen LogP) is 6.86. The van der Waals surface area contributed by atoms with E-state index in [2.05, 4.69) is 25.6 Å². The first-order valence-electron chi connectivity index (χ1n) is 15.4. The second-order valence-corrected chi connectivity index (χ2v) is 11.7. The van der Waals surface area contributed by atoms with Crippen LogP contribution in [0.4, 0.5) is 32.0 Å². The molecule has 0 aliphatic carbocycles. The average molecular weight is 714 g/mol. The van der Waals surface area contributed by atoms with Crippen LogP contribution >= 0.6 is 0 Å². The van der Waals surface area contributed by atoms with E-state index in [4.69, 9.17) is 9.90 Å². The molecule has 17 heteroatoms. The highest BCUT2D eigenvalue weighted by Gasteiger charge is 2.38. The van der Waals surface area contributed by atoms with Gasteiger partial charge in [0.1, 0.15) is 0 Å². The summed E-state index contributed by atoms with van der Waals surface area (Å²) in [5.74, 6) is -3.08. The number of benzene rings is 2. The van der Waals surface area contributed by atoms with Crippen LogP contribution in [0.5, 0.6) is 0 Å². The molecule has 0 saturated carbocycles. The van der Waals surface area contributed by atoms with Crippen molar-refractivity contribution in [3.05, 3.63) is 107 Å². The zero-order chi connectivity index (χ0) is 37.1. The Bertz CT molecular complexity index is 2130. The minimum Gasteiger partial charge on any atom is -0.475 e. The molecular formula is C34H29F6N7O4. The van der Waals surface area contributed by atoms with Crippen LogP contribution in [-0.4, -0.2) is 52.7 Å². The van der Waals surface area contributed by atoms with Gasteiger partial charge in [-0.05, 0) is 55.7 Å². The molecule has 0 radical (unpaired) electrons. The fourth-order valence-corrected chi connectivity index (χ4v) is 5.43. The molecule has 1 aliphatic heterocycles. The SMILES string of the molecule is Cc1ccc(-n2cc(C(F)(F)F)nn2)c(-c2cc(=O)n([C@H]3CCC[C@@H](C)C(=O)Nc4ccccc4-c4ccnc3c4)cn2)c1.O=C(O)C(F)(F)F. The van der Waals surface area contributed by atoms with Gasteiger partial charge in [-0.2, -0.15) is 26.3 Å². The Morgan fingerprint density at radius 1 is 0.941 bits per heavy atom. The van der Waals surface area contributed by atoms with Gasteiger partial charge < -0.3 is 10.4 Å². The Balaban J connectivity index is 0.000000654. The summed E-state index contributed by atoms with van der Waals surface area (Å²) in [7, 11) is 0. The van der Waals surface area contributed by atoms with Gasteiger partial charge in [0.15, 0.2) is 5.69 Å². The highest BCUT2D eigenvalue weighted by atomic mass is 19.4. The number of aryl methyl sites for hydroxylation is 1. The Kier molecular flexibility index (Phi) is 10.4. The zero-order valence-corrected chi connectivity index (χ0v) is 26.9. The molecule has 266 valence electrons. The summed E-state index contributed by atoms with van der Waals surface area (Å²) in [4.78, 5) is 44.8. The number of carbonyl (C=O) groups is 2. The van der Waals surface area contributed by atoms with E-state index in [0.29, 0.717) is 41.9 Å². The highest BCUT2D eigenvalue weighted by Crippen LogP contribution is 2.34. The highest BCUT2D eigenvalue weighted by molar-refractivity contribution is 5.96. The number of para-hydroxylation sites is 1. The molecule has 1 amide bonds. The first kappa shape index (κ1) is 36.4. The number of aliphatic carboxylic acids is 1. The van der Waals surface area contributed by atoms with Crippen molar-refractivity contribution < 1.29 is 41.0 Å². The van der Waals surface area contributed by atoms with Crippen molar-refractivity contribution in [2.24, 2.45) is 5.92 Å². The van der Waals surface area contributed by atoms with E-state index in [-0.39, 0.29) is 23.1 Å². The summed E-state index contributed by atoms with van der Waals surface area (Å²) >= 11 is 0. The lowest BCUT2D eigenvalue weighted by Crippen LogP contribution is -2.27. The number of aromatic nitrogens is 6. The normalized spacial score (nSPS) is 16.4. The Morgan fingerprint density at radius 2 is 1.67 bits per heavy atom. The Labute approximate surface area is 285 Å². The number of nitrogens with one attached hydrogen (secondary N) is 1. The number of fused-ring (bicyclic) bond motifs is 4. The number of hydrogen-bond acceptors (Lipinski definition) is 7. The van der Waals surface area contributed by atoms with Crippen LogP contribution in [0.1, 0.15) is 49.2 Å². The van der Waals surface area contributed by atoms with Crippen LogP contribution in [-0.2, 0) is 15.8 Å². The van der Waals surface area contributed by atoms with Gasteiger partial charge in [0.25, 0.3) is 5.56 Å². The minimum absolute atomic E-state index is 0.0734. The number of nitrogens with zero attached hydrogens (tertiary/aromatic N) is 6. The molecule has 0 fully saturated rings. The molecule has 1 aliphatic rings. The molecule has 2 aromatic carbocycles. The number of pyridine rings is 1. The molecule has 0 saturated heterocycles. The molecule has 51 heavy (non-hydrogen) atoms. The van der Waals surface area contributed by atoms with Crippen LogP contribution in [0.15, 0.2) is 84.2 Å². The molecule has 3 aromatic heterocycles. The maximum Gasteiger partial charge on any atom is 0.490 e. The molecule has 11 nitrogen and oxygen atoms in total. The third-order valence-corrected chi connectivity index (χ3v) is 8.05. The Morgan fingerprint density at radius 3 is 2.33 bits per heavy atom. The predicted molar refractivity (Wildman–Crippen MR) is 172 cm³/mol. The van der Waals surface area contributed by atoms with Gasteiger partial charge in [0, 0.05) is 35.0 Å². The van der Waals surface area contributed by atoms with Crippen LogP contribution in [0, 0.1) is 12.8 Å². The molecule has 6 rings (SSSR count). The first-order valence-corrected chi connectivity index (χ1v) is 15.4. The summed E-state index contributed by atoms with van der Waals surface area (Å²) in [5, 5.41) is 17.1. The summed E-state index contributed by atoms with van der Waals surface area (Å²) in [6.45, 7) is 3.71. The largest absolute Gasteiger partial charge is 0.490 e. The lowest BCUT2D eigenvalue weighted by Gasteiger charge is -2.23. The summed E-state index contributed by atoms with van der Waals surface area (Å²) in [6, 6.07) is 17.3. The number of anilines is 1. The Hall–Kier alpha value is -5.87. The van der Waals surface area contributed by atoms with Crippen molar-refractivity contribution in [3.8, 4) is 28.1 Å². The molecule has 2 bridgehead atoms. The van der Waals surface area contributed by atoms with Crippen molar-refractivity contribution in [1.29, 1.82) is 0 Å². The number of carboxylic acids is 1. The second-order valence-electron chi connectivity index (χ2n) is 11.7. The number of hydrogen-bond donors (Lipinski definition) is 2. The summed E-state index contributed by atoms with van der Waals surface area (Å²) in [6.07, 6.45) is -4.01. The molecule has 5 aromatic rings. The minimum atomic E-state index is -5.08. The average Bonchev–Trinajstić information content (AvgIpc) is 3.58. The second kappa shape index (κ2) is 14.5. The number of carbonyl (C=O) groups excluding carboxylic acids is 1. The lowest BCUT2D eigenvalue weighted by molar-refractivity contribution is -0.192. The number of halogens is 6. The smallest absolute Gasteiger partial charge is 0.475 e. The number of alkyl halides is 6. The fourth-order valence-electron chi connectivity index (χ4n) is 5.43. The van der Waals surface area contributed by atoms with Crippen LogP contribution < -0.4 is 10.9 Å². The van der Waals surface area contributed by atoms with Crippen molar-refractivity contribution in [3.63, 3.8) is 0 Å². The summed E-state index contributed by atoms with van der Waals surface area (Å²) < 4.78 is 73.9. The topological polar surface area (TPSA) is 145 Å². The quantitative estimate of drug-likeness (QED) is 0.193. The van der Waals surface area contributed by atoms with Crippen LogP contribution in [0.25, 0.3) is 28.1 Å². The van der Waals surface area contributed by atoms with E-state index in [1.165, 1.54) is 17.0 Å².